The van der Waals surface area contributed by atoms with Crippen LogP contribution in [0.3, 0.4) is 0 Å². The maximum atomic E-state index is 13.4. The van der Waals surface area contributed by atoms with Crippen LogP contribution < -0.4 is 5.32 Å². The summed E-state index contributed by atoms with van der Waals surface area (Å²) in [4.78, 5) is 13.4. The van der Waals surface area contributed by atoms with Crippen molar-refractivity contribution in [1.29, 1.82) is 0 Å². The Kier molecular flexibility index (Phi) is 54.8. The van der Waals surface area contributed by atoms with Gasteiger partial charge in [-0.2, -0.15) is 0 Å². The lowest BCUT2D eigenvalue weighted by molar-refractivity contribution is -0.359. The Hall–Kier alpha value is -2.05. The molecule has 0 aromatic rings. The molecule has 14 nitrogen and oxygen atoms in total. The van der Waals surface area contributed by atoms with E-state index in [4.69, 9.17) is 18.9 Å². The maximum Gasteiger partial charge on any atom is 0.220 e. The van der Waals surface area contributed by atoms with E-state index in [0.717, 1.165) is 51.4 Å². The highest BCUT2D eigenvalue weighted by Crippen LogP contribution is 2.30. The largest absolute Gasteiger partial charge is 0.394 e. The molecule has 2 rings (SSSR count). The summed E-state index contributed by atoms with van der Waals surface area (Å²) in [7, 11) is 0. The van der Waals surface area contributed by atoms with Crippen LogP contribution in [0.15, 0.2) is 48.6 Å². The summed E-state index contributed by atoms with van der Waals surface area (Å²) in [6.45, 7) is 2.83. The van der Waals surface area contributed by atoms with Crippen LogP contribution in [0.4, 0.5) is 0 Å². The lowest BCUT2D eigenvalue weighted by Gasteiger charge is -2.46. The third kappa shape index (κ3) is 42.2. The van der Waals surface area contributed by atoms with Crippen molar-refractivity contribution in [2.75, 3.05) is 19.8 Å². The number of rotatable bonds is 61. The summed E-state index contributed by atoms with van der Waals surface area (Å²) in [6.07, 6.45) is 60.2. The number of amides is 1. The quantitative estimate of drug-likeness (QED) is 0.0204. The van der Waals surface area contributed by atoms with Crippen molar-refractivity contribution in [3.05, 3.63) is 48.6 Å². The smallest absolute Gasteiger partial charge is 0.220 e. The Balaban J connectivity index is 1.66. The van der Waals surface area contributed by atoms with Gasteiger partial charge in [-0.1, -0.05) is 306 Å². The summed E-state index contributed by atoms with van der Waals surface area (Å²) in [5.74, 6) is -0.236. The van der Waals surface area contributed by atoms with Crippen LogP contribution in [0.2, 0.25) is 0 Å². The second kappa shape index (κ2) is 58.7. The first-order valence-electron chi connectivity index (χ1n) is 36.9. The molecule has 2 heterocycles. The summed E-state index contributed by atoms with van der Waals surface area (Å²) in [6, 6.07) is -0.917. The molecule has 2 fully saturated rings. The van der Waals surface area contributed by atoms with Crippen LogP contribution >= 0.6 is 0 Å². The molecule has 0 saturated carbocycles. The zero-order valence-electron chi connectivity index (χ0n) is 56.2. The molecule has 2 aliphatic rings. The standard InChI is InChI=1S/C74H137NO13/c1-3-5-7-9-11-13-15-17-19-21-23-25-27-29-30-31-32-34-36-38-40-42-44-46-48-50-52-54-56-58-66(79)75-62(61-85-73-71(84)69(82)72(65(60-77)87-73)88-74-70(83)68(81)67(80)64(59-76)86-74)63(78)57-55-53-51-49-47-45-43-41-39-37-35-33-28-26-24-22-20-18-16-14-12-10-8-6-4-2/h15,17,21,23,27,29,55,57,62-65,67-74,76-78,80-84H,3-14,16,18-20,22,24-26,28,30-54,56,58-61H2,1-2H3,(H,75,79)/b17-15-,23-21-,29-27-,57-55+. The molecular weight excluding hydrogens is 1110 g/mol. The van der Waals surface area contributed by atoms with Crippen molar-refractivity contribution in [2.45, 2.75) is 396 Å². The molecule has 88 heavy (non-hydrogen) atoms. The SMILES string of the molecule is CCCCCCC/C=C\C/C=C\C/C=C\CCCCCCCCCCCCCCCCC(=O)NC(COC1OC(CO)C(OC2OC(CO)C(O)C(O)C2O)C(O)C1O)C(O)/C=C/CCCCCCCCCCCCCCCCCCCCCCCCC. The fraction of sp³-hybridized carbons (Fsp3) is 0.878. The summed E-state index contributed by atoms with van der Waals surface area (Å²) < 4.78 is 22.9. The number of hydrogen-bond acceptors (Lipinski definition) is 13. The fourth-order valence-electron chi connectivity index (χ4n) is 12.1. The lowest BCUT2D eigenvalue weighted by atomic mass is 9.97. The van der Waals surface area contributed by atoms with E-state index < -0.39 is 86.8 Å². The normalized spacial score (nSPS) is 23.4. The highest BCUT2D eigenvalue weighted by Gasteiger charge is 2.51. The van der Waals surface area contributed by atoms with Gasteiger partial charge in [-0.25, -0.2) is 0 Å². The molecule has 0 aliphatic carbocycles. The van der Waals surface area contributed by atoms with E-state index in [2.05, 4.69) is 55.6 Å². The fourth-order valence-corrected chi connectivity index (χ4v) is 12.1. The molecule has 12 unspecified atom stereocenters. The highest BCUT2D eigenvalue weighted by atomic mass is 16.7. The Morgan fingerprint density at radius 1 is 0.409 bits per heavy atom. The van der Waals surface area contributed by atoms with Gasteiger partial charge in [0.15, 0.2) is 12.6 Å². The zero-order valence-corrected chi connectivity index (χ0v) is 56.2. The number of carbonyl (C=O) groups is 1. The first-order chi connectivity index (χ1) is 43.1. The molecule has 0 aromatic heterocycles. The number of ether oxygens (including phenoxy) is 4. The van der Waals surface area contributed by atoms with E-state index in [1.54, 1.807) is 6.08 Å². The maximum absolute atomic E-state index is 13.4. The molecule has 12 atom stereocenters. The van der Waals surface area contributed by atoms with Crippen molar-refractivity contribution >= 4 is 5.91 Å². The first kappa shape index (κ1) is 82.0. The van der Waals surface area contributed by atoms with Gasteiger partial charge in [0.1, 0.15) is 48.8 Å². The monoisotopic (exact) mass is 1250 g/mol. The third-order valence-corrected chi connectivity index (χ3v) is 18.0. The van der Waals surface area contributed by atoms with Crippen molar-refractivity contribution in [1.82, 2.24) is 5.32 Å². The van der Waals surface area contributed by atoms with Crippen LogP contribution in [-0.4, -0.2) is 140 Å². The molecule has 0 radical (unpaired) electrons. The minimum Gasteiger partial charge on any atom is -0.394 e. The molecular formula is C74H137NO13. The van der Waals surface area contributed by atoms with Crippen LogP contribution in [0.25, 0.3) is 0 Å². The number of aliphatic hydroxyl groups is 8. The summed E-state index contributed by atoms with van der Waals surface area (Å²) in [5, 5.41) is 87.5. The van der Waals surface area contributed by atoms with Gasteiger partial charge in [0.2, 0.25) is 5.91 Å². The van der Waals surface area contributed by atoms with Gasteiger partial charge >= 0.3 is 0 Å². The van der Waals surface area contributed by atoms with Gasteiger partial charge in [0.25, 0.3) is 0 Å². The molecule has 516 valence electrons. The van der Waals surface area contributed by atoms with Gasteiger partial charge in [-0.05, 0) is 57.8 Å². The molecule has 14 heteroatoms. The van der Waals surface area contributed by atoms with Crippen LogP contribution in [0, 0.1) is 0 Å². The molecule has 0 aromatic carbocycles. The second-order valence-corrected chi connectivity index (χ2v) is 26.1. The van der Waals surface area contributed by atoms with Gasteiger partial charge in [-0.15, -0.1) is 0 Å². The Morgan fingerprint density at radius 3 is 1.15 bits per heavy atom. The van der Waals surface area contributed by atoms with Gasteiger partial charge in [-0.3, -0.25) is 4.79 Å². The summed E-state index contributed by atoms with van der Waals surface area (Å²) in [5.41, 5.74) is 0. The van der Waals surface area contributed by atoms with Crippen LogP contribution in [0.1, 0.15) is 322 Å². The number of carbonyl (C=O) groups excluding carboxylic acids is 1. The minimum atomic E-state index is -1.79. The minimum absolute atomic E-state index is 0.236. The Labute approximate surface area is 537 Å². The number of hydrogen-bond donors (Lipinski definition) is 9. The number of nitrogens with one attached hydrogen (secondary N) is 1. The van der Waals surface area contributed by atoms with Crippen molar-refractivity contribution in [3.8, 4) is 0 Å². The van der Waals surface area contributed by atoms with E-state index >= 15 is 0 Å². The first-order valence-corrected chi connectivity index (χ1v) is 36.9. The predicted octanol–water partition coefficient (Wildman–Crippen LogP) is 15.5. The molecule has 9 N–H and O–H groups in total. The molecule has 2 saturated heterocycles. The molecule has 2 aliphatic heterocycles. The van der Waals surface area contributed by atoms with E-state index in [1.807, 2.05) is 6.08 Å². The number of allylic oxidation sites excluding steroid dienone is 7. The highest BCUT2D eigenvalue weighted by molar-refractivity contribution is 5.76. The number of aliphatic hydroxyl groups excluding tert-OH is 8. The zero-order chi connectivity index (χ0) is 63.8. The van der Waals surface area contributed by atoms with E-state index in [9.17, 15) is 45.6 Å². The van der Waals surface area contributed by atoms with Crippen LogP contribution in [0.5, 0.6) is 0 Å². The van der Waals surface area contributed by atoms with Gasteiger partial charge in [0, 0.05) is 6.42 Å². The average molecular weight is 1250 g/mol. The third-order valence-electron chi connectivity index (χ3n) is 18.0. The molecule has 1 amide bonds. The van der Waals surface area contributed by atoms with Crippen molar-refractivity contribution in [3.63, 3.8) is 0 Å². The van der Waals surface area contributed by atoms with Gasteiger partial charge < -0.3 is 65.1 Å². The molecule has 0 bridgehead atoms. The lowest BCUT2D eigenvalue weighted by Crippen LogP contribution is -2.65. The van der Waals surface area contributed by atoms with Crippen molar-refractivity contribution < 1.29 is 64.6 Å². The van der Waals surface area contributed by atoms with E-state index in [-0.39, 0.29) is 18.9 Å². The molecule has 0 spiro atoms. The Morgan fingerprint density at radius 2 is 0.750 bits per heavy atom. The van der Waals surface area contributed by atoms with E-state index in [0.29, 0.717) is 6.42 Å². The number of unbranched alkanes of at least 4 members (excludes halogenated alkanes) is 42. The van der Waals surface area contributed by atoms with E-state index in [1.165, 1.54) is 244 Å². The van der Waals surface area contributed by atoms with Gasteiger partial charge in [0.05, 0.1) is 32.0 Å². The predicted molar refractivity (Wildman–Crippen MR) is 360 cm³/mol. The van der Waals surface area contributed by atoms with Crippen molar-refractivity contribution in [2.24, 2.45) is 0 Å². The van der Waals surface area contributed by atoms with Crippen LogP contribution in [-0.2, 0) is 23.7 Å². The topological polar surface area (TPSA) is 228 Å². The summed E-state index contributed by atoms with van der Waals surface area (Å²) >= 11 is 0. The second-order valence-electron chi connectivity index (χ2n) is 26.1. The Bertz CT molecular complexity index is 1660. The average Bonchev–Trinajstić information content (AvgIpc) is 2.07.